The van der Waals surface area contributed by atoms with Gasteiger partial charge in [-0.05, 0) is 96.0 Å². The molecular formula is C38H42O8. The van der Waals surface area contributed by atoms with E-state index in [9.17, 15) is 19.8 Å². The zero-order valence-electron chi connectivity index (χ0n) is 26.8. The van der Waals surface area contributed by atoms with Gasteiger partial charge in [-0.3, -0.25) is 9.59 Å². The summed E-state index contributed by atoms with van der Waals surface area (Å²) < 4.78 is 23.2. The van der Waals surface area contributed by atoms with Gasteiger partial charge in [0.1, 0.15) is 12.2 Å². The quantitative estimate of drug-likeness (QED) is 0.297. The van der Waals surface area contributed by atoms with E-state index < -0.39 is 17.6 Å². The molecule has 6 unspecified atom stereocenters. The van der Waals surface area contributed by atoms with E-state index in [-0.39, 0.29) is 41.2 Å². The number of rotatable bonds is 6. The molecule has 0 saturated heterocycles. The number of aryl methyl sites for hydroxylation is 1. The Kier molecular flexibility index (Phi) is 8.73. The fourth-order valence-electron chi connectivity index (χ4n) is 8.56. The van der Waals surface area contributed by atoms with Crippen molar-refractivity contribution in [3.63, 3.8) is 0 Å². The molecule has 1 saturated carbocycles. The normalized spacial score (nSPS) is 26.7. The molecule has 0 aromatic heterocycles. The summed E-state index contributed by atoms with van der Waals surface area (Å²) in [5, 5.41) is 21.6. The molecule has 8 heteroatoms. The third-order valence-electron chi connectivity index (χ3n) is 10.4. The van der Waals surface area contributed by atoms with Crippen LogP contribution in [0.2, 0.25) is 0 Å². The molecule has 242 valence electrons. The molecule has 6 atom stereocenters. The smallest absolute Gasteiger partial charge is 0.302 e. The second kappa shape index (κ2) is 12.7. The predicted molar refractivity (Wildman–Crippen MR) is 173 cm³/mol. The Morgan fingerprint density at radius 3 is 2.17 bits per heavy atom. The molecule has 46 heavy (non-hydrogen) atoms. The van der Waals surface area contributed by atoms with Crippen LogP contribution in [0.3, 0.4) is 0 Å². The lowest BCUT2D eigenvalue weighted by Gasteiger charge is -2.56. The van der Waals surface area contributed by atoms with Gasteiger partial charge in [-0.1, -0.05) is 42.5 Å². The maximum atomic E-state index is 12.7. The van der Waals surface area contributed by atoms with E-state index >= 15 is 0 Å². The number of benzene rings is 3. The molecule has 0 heterocycles. The predicted octanol–water partition coefficient (Wildman–Crippen LogP) is 6.53. The molecule has 8 nitrogen and oxygen atoms in total. The molecule has 0 spiro atoms. The van der Waals surface area contributed by atoms with Crippen molar-refractivity contribution >= 4 is 18.0 Å². The fraction of sp³-hybridized carbons (Fsp3) is 0.421. The first kappa shape index (κ1) is 31.5. The van der Waals surface area contributed by atoms with E-state index in [2.05, 4.69) is 24.3 Å². The monoisotopic (exact) mass is 626 g/mol. The van der Waals surface area contributed by atoms with Gasteiger partial charge in [-0.25, -0.2) is 0 Å². The van der Waals surface area contributed by atoms with Crippen LogP contribution in [0.4, 0.5) is 0 Å². The second-order valence-electron chi connectivity index (χ2n) is 13.0. The molecule has 1 fully saturated rings. The minimum Gasteiger partial charge on any atom is -0.504 e. The number of allylic oxidation sites excluding steroid dienone is 1. The van der Waals surface area contributed by atoms with Crippen LogP contribution in [0.1, 0.15) is 66.8 Å². The number of phenolic OH excluding ortho intramolecular Hbond substituents is 2. The second-order valence-corrected chi connectivity index (χ2v) is 13.0. The molecule has 2 N–H and O–H groups in total. The van der Waals surface area contributed by atoms with Gasteiger partial charge in [-0.2, -0.15) is 0 Å². The number of hydrogen-bond acceptors (Lipinski definition) is 8. The van der Waals surface area contributed by atoms with Gasteiger partial charge in [0.25, 0.3) is 0 Å². The summed E-state index contributed by atoms with van der Waals surface area (Å²) in [4.78, 5) is 25.1. The van der Waals surface area contributed by atoms with Crippen LogP contribution in [0.15, 0.2) is 60.7 Å². The SMILES string of the molecule is COc1cc2c(cc1O)CC1(C=Cc3ccccc3)C(C2)C(OC(C)=O)CC(OC(C)=O)CC2c3cc(OC)c(O)cc3CCC21. The van der Waals surface area contributed by atoms with Gasteiger partial charge in [0.2, 0.25) is 0 Å². The first-order chi connectivity index (χ1) is 22.1. The van der Waals surface area contributed by atoms with Crippen molar-refractivity contribution in [3.8, 4) is 23.0 Å². The number of phenols is 2. The van der Waals surface area contributed by atoms with Crippen LogP contribution < -0.4 is 9.47 Å². The number of carbonyl (C=O) groups excluding carboxylic acids is 2. The summed E-state index contributed by atoms with van der Waals surface area (Å²) in [7, 11) is 3.08. The largest absolute Gasteiger partial charge is 0.504 e. The van der Waals surface area contributed by atoms with Crippen LogP contribution in [-0.2, 0) is 38.3 Å². The van der Waals surface area contributed by atoms with Crippen molar-refractivity contribution in [2.75, 3.05) is 14.2 Å². The number of esters is 2. The lowest BCUT2D eigenvalue weighted by atomic mass is 9.49. The summed E-state index contributed by atoms with van der Waals surface area (Å²) in [5.41, 5.74) is 4.73. The number of fused-ring (bicyclic) bond motifs is 6. The van der Waals surface area contributed by atoms with Crippen molar-refractivity contribution < 1.29 is 38.7 Å². The molecule has 3 aromatic rings. The van der Waals surface area contributed by atoms with Gasteiger partial charge < -0.3 is 29.2 Å². The van der Waals surface area contributed by atoms with Crippen molar-refractivity contribution in [2.24, 2.45) is 17.3 Å². The van der Waals surface area contributed by atoms with E-state index in [0.717, 1.165) is 40.7 Å². The summed E-state index contributed by atoms with van der Waals surface area (Å²) in [5.74, 6) is 0.0273. The molecule has 0 bridgehead atoms. The van der Waals surface area contributed by atoms with Crippen LogP contribution in [0.5, 0.6) is 23.0 Å². The lowest BCUT2D eigenvalue weighted by Crippen LogP contribution is -2.54. The Morgan fingerprint density at radius 2 is 1.50 bits per heavy atom. The highest BCUT2D eigenvalue weighted by Crippen LogP contribution is 2.60. The summed E-state index contributed by atoms with van der Waals surface area (Å²) >= 11 is 0. The zero-order valence-corrected chi connectivity index (χ0v) is 26.8. The van der Waals surface area contributed by atoms with E-state index in [0.29, 0.717) is 37.2 Å². The molecule has 3 aliphatic carbocycles. The fourth-order valence-corrected chi connectivity index (χ4v) is 8.56. The van der Waals surface area contributed by atoms with E-state index in [1.54, 1.807) is 13.2 Å². The zero-order chi connectivity index (χ0) is 32.6. The molecular weight excluding hydrogens is 584 g/mol. The van der Waals surface area contributed by atoms with Crippen LogP contribution >= 0.6 is 0 Å². The van der Waals surface area contributed by atoms with Gasteiger partial charge in [0.05, 0.1) is 14.2 Å². The number of ether oxygens (including phenoxy) is 4. The third kappa shape index (κ3) is 5.93. The standard InChI is InChI=1S/C38H42O8/c1-22(39)45-28-18-30-29-20-37(44-4)33(41)15-25(29)10-11-31(30)38(13-12-24-8-6-5-7-9-24)21-27-16-34(42)36(43-3)17-26(27)14-32(38)35(19-28)46-23(2)40/h5-9,12-13,15-17,20,28,30-32,35,41-42H,10-11,14,18-19,21H2,1-4H3. The van der Waals surface area contributed by atoms with Gasteiger partial charge in [0, 0.05) is 31.6 Å². The van der Waals surface area contributed by atoms with Gasteiger partial charge in [0.15, 0.2) is 23.0 Å². The Balaban J connectivity index is 1.60. The molecule has 3 aromatic carbocycles. The Morgan fingerprint density at radius 1 is 0.826 bits per heavy atom. The van der Waals surface area contributed by atoms with Crippen molar-refractivity contribution in [2.45, 2.75) is 70.5 Å². The van der Waals surface area contributed by atoms with Crippen molar-refractivity contribution in [3.05, 3.63) is 88.5 Å². The van der Waals surface area contributed by atoms with Crippen LogP contribution in [0, 0.1) is 17.3 Å². The molecule has 0 radical (unpaired) electrons. The van der Waals surface area contributed by atoms with Gasteiger partial charge >= 0.3 is 11.9 Å². The molecule has 0 amide bonds. The number of carbonyl (C=O) groups is 2. The third-order valence-corrected chi connectivity index (χ3v) is 10.4. The molecule has 6 rings (SSSR count). The first-order valence-corrected chi connectivity index (χ1v) is 16.0. The maximum absolute atomic E-state index is 12.7. The average Bonchev–Trinajstić information content (AvgIpc) is 3.02. The lowest BCUT2D eigenvalue weighted by molar-refractivity contribution is -0.163. The average molecular weight is 627 g/mol. The highest BCUT2D eigenvalue weighted by Gasteiger charge is 2.56. The molecule has 3 aliphatic rings. The topological polar surface area (TPSA) is 112 Å². The Bertz CT molecular complexity index is 1650. The van der Waals surface area contributed by atoms with E-state index in [4.69, 9.17) is 18.9 Å². The first-order valence-electron chi connectivity index (χ1n) is 16.0. The number of hydrogen-bond donors (Lipinski definition) is 2. The minimum absolute atomic E-state index is 0.0352. The minimum atomic E-state index is -0.535. The highest BCUT2D eigenvalue weighted by atomic mass is 16.6. The molecule has 0 aliphatic heterocycles. The number of methoxy groups -OCH3 is 2. The van der Waals surface area contributed by atoms with Crippen LogP contribution in [-0.4, -0.2) is 48.6 Å². The van der Waals surface area contributed by atoms with E-state index in [1.165, 1.54) is 21.0 Å². The van der Waals surface area contributed by atoms with Crippen molar-refractivity contribution in [1.29, 1.82) is 0 Å². The summed E-state index contributed by atoms with van der Waals surface area (Å²) in [6.45, 7) is 2.84. The number of aromatic hydroxyl groups is 2. The van der Waals surface area contributed by atoms with Crippen LogP contribution in [0.25, 0.3) is 6.08 Å². The maximum Gasteiger partial charge on any atom is 0.302 e. The summed E-state index contributed by atoms with van der Waals surface area (Å²) in [6, 6.07) is 17.6. The summed E-state index contributed by atoms with van der Waals surface area (Å²) in [6.07, 6.45) is 7.05. The Labute approximate surface area is 270 Å². The highest BCUT2D eigenvalue weighted by molar-refractivity contribution is 5.67. The van der Waals surface area contributed by atoms with Gasteiger partial charge in [-0.15, -0.1) is 0 Å². The van der Waals surface area contributed by atoms with E-state index in [1.807, 2.05) is 36.4 Å². The van der Waals surface area contributed by atoms with Crippen molar-refractivity contribution in [1.82, 2.24) is 0 Å². The Hall–Kier alpha value is -4.46.